The van der Waals surface area contributed by atoms with Gasteiger partial charge >= 0.3 is 0 Å². The highest BCUT2D eigenvalue weighted by atomic mass is 16.5. The normalized spacial score (nSPS) is 17.0. The quantitative estimate of drug-likeness (QED) is 0.909. The Morgan fingerprint density at radius 3 is 3.10 bits per heavy atom. The van der Waals surface area contributed by atoms with Gasteiger partial charge in [0, 0.05) is 19.4 Å². The topological polar surface area (TPSA) is 47.3 Å². The van der Waals surface area contributed by atoms with Crippen LogP contribution in [0.15, 0.2) is 28.8 Å². The molecule has 0 aliphatic carbocycles. The zero-order valence-electron chi connectivity index (χ0n) is 12.0. The molecule has 0 saturated heterocycles. The maximum absolute atomic E-state index is 5.91. The Morgan fingerprint density at radius 1 is 1.40 bits per heavy atom. The number of aryl methyl sites for hydroxylation is 2. The fourth-order valence-corrected chi connectivity index (χ4v) is 2.50. The zero-order chi connectivity index (χ0) is 13.9. The van der Waals surface area contributed by atoms with Gasteiger partial charge in [-0.15, -0.1) is 0 Å². The number of benzene rings is 1. The first-order chi connectivity index (χ1) is 9.74. The van der Waals surface area contributed by atoms with E-state index >= 15 is 0 Å². The minimum atomic E-state index is 0.201. The van der Waals surface area contributed by atoms with Crippen LogP contribution in [-0.4, -0.2) is 17.6 Å². The summed E-state index contributed by atoms with van der Waals surface area (Å²) in [5.74, 6) is 2.70. The molecule has 4 nitrogen and oxygen atoms in total. The van der Waals surface area contributed by atoms with E-state index in [0.29, 0.717) is 6.54 Å². The first kappa shape index (κ1) is 13.2. The minimum absolute atomic E-state index is 0.201. The molecule has 3 rings (SSSR count). The molecule has 20 heavy (non-hydrogen) atoms. The summed E-state index contributed by atoms with van der Waals surface area (Å²) in [6.07, 6.45) is 3.85. The molecule has 1 aliphatic rings. The van der Waals surface area contributed by atoms with Crippen LogP contribution in [0.5, 0.6) is 5.75 Å². The van der Waals surface area contributed by atoms with E-state index < -0.39 is 0 Å². The van der Waals surface area contributed by atoms with E-state index in [1.807, 2.05) is 0 Å². The van der Waals surface area contributed by atoms with Crippen LogP contribution in [0.2, 0.25) is 0 Å². The molecule has 1 aliphatic heterocycles. The van der Waals surface area contributed by atoms with Crippen LogP contribution in [0.1, 0.15) is 29.7 Å². The molecule has 2 aromatic rings. The molecule has 0 bridgehead atoms. The van der Waals surface area contributed by atoms with Gasteiger partial charge < -0.3 is 14.5 Å². The highest BCUT2D eigenvalue weighted by Gasteiger charge is 2.22. The maximum atomic E-state index is 5.91. The average molecular weight is 272 g/mol. The Labute approximate surface area is 119 Å². The van der Waals surface area contributed by atoms with E-state index in [1.54, 1.807) is 6.20 Å². The molecular formula is C16H20N2O2. The van der Waals surface area contributed by atoms with Gasteiger partial charge in [-0.25, -0.2) is 4.98 Å². The van der Waals surface area contributed by atoms with Crippen molar-refractivity contribution < 1.29 is 9.15 Å². The lowest BCUT2D eigenvalue weighted by Gasteiger charge is -2.10. The summed E-state index contributed by atoms with van der Waals surface area (Å²) in [6, 6.07) is 6.36. The summed E-state index contributed by atoms with van der Waals surface area (Å²) in [5, 5.41) is 3.35. The Kier molecular flexibility index (Phi) is 3.74. The minimum Gasteiger partial charge on any atom is -0.488 e. The highest BCUT2D eigenvalue weighted by molar-refractivity contribution is 5.40. The first-order valence-electron chi connectivity index (χ1n) is 7.15. The van der Waals surface area contributed by atoms with E-state index in [9.17, 15) is 0 Å². The van der Waals surface area contributed by atoms with E-state index in [2.05, 4.69) is 42.3 Å². The fourth-order valence-electron chi connectivity index (χ4n) is 2.50. The largest absolute Gasteiger partial charge is 0.488 e. The Bertz CT molecular complexity index is 592. The third-order valence-electron chi connectivity index (χ3n) is 3.56. The molecule has 0 radical (unpaired) electrons. The second kappa shape index (κ2) is 5.67. The van der Waals surface area contributed by atoms with Crippen LogP contribution in [-0.2, 0) is 19.4 Å². The number of ether oxygens (including phenoxy) is 1. The standard InChI is InChI=1S/C16H20N2O2/c1-3-13-9-18-16(20-13)10-17-8-14-7-12-6-11(2)4-5-15(12)19-14/h4-6,9,14,17H,3,7-8,10H2,1-2H3. The first-order valence-corrected chi connectivity index (χ1v) is 7.15. The van der Waals surface area contributed by atoms with E-state index in [4.69, 9.17) is 9.15 Å². The van der Waals surface area contributed by atoms with E-state index in [1.165, 1.54) is 11.1 Å². The number of nitrogens with zero attached hydrogens (tertiary/aromatic N) is 1. The zero-order valence-corrected chi connectivity index (χ0v) is 12.0. The number of hydrogen-bond acceptors (Lipinski definition) is 4. The van der Waals surface area contributed by atoms with Gasteiger partial charge in [0.25, 0.3) is 0 Å². The summed E-state index contributed by atoms with van der Waals surface area (Å²) >= 11 is 0. The van der Waals surface area contributed by atoms with Crippen molar-refractivity contribution in [2.24, 2.45) is 0 Å². The van der Waals surface area contributed by atoms with Crippen LogP contribution in [0, 0.1) is 6.92 Å². The number of oxazole rings is 1. The van der Waals surface area contributed by atoms with Crippen LogP contribution in [0.4, 0.5) is 0 Å². The molecule has 1 aromatic carbocycles. The molecule has 1 N–H and O–H groups in total. The molecule has 0 fully saturated rings. The molecule has 0 spiro atoms. The van der Waals surface area contributed by atoms with Gasteiger partial charge in [-0.05, 0) is 18.6 Å². The monoisotopic (exact) mass is 272 g/mol. The predicted molar refractivity (Wildman–Crippen MR) is 76.9 cm³/mol. The third-order valence-corrected chi connectivity index (χ3v) is 3.56. The Balaban J connectivity index is 1.49. The number of rotatable bonds is 5. The molecular weight excluding hydrogens is 252 g/mol. The van der Waals surface area contributed by atoms with Crippen molar-refractivity contribution in [3.8, 4) is 5.75 Å². The van der Waals surface area contributed by atoms with Crippen molar-refractivity contribution >= 4 is 0 Å². The maximum Gasteiger partial charge on any atom is 0.208 e. The lowest BCUT2D eigenvalue weighted by atomic mass is 10.1. The Morgan fingerprint density at radius 2 is 2.30 bits per heavy atom. The second-order valence-electron chi connectivity index (χ2n) is 5.26. The number of fused-ring (bicyclic) bond motifs is 1. The van der Waals surface area contributed by atoms with Gasteiger partial charge in [-0.1, -0.05) is 24.6 Å². The molecule has 0 saturated carbocycles. The van der Waals surface area contributed by atoms with Crippen molar-refractivity contribution in [1.82, 2.24) is 10.3 Å². The summed E-state index contributed by atoms with van der Waals surface area (Å²) in [6.45, 7) is 5.62. The molecule has 2 heterocycles. The summed E-state index contributed by atoms with van der Waals surface area (Å²) in [5.41, 5.74) is 2.59. The summed E-state index contributed by atoms with van der Waals surface area (Å²) in [7, 11) is 0. The third kappa shape index (κ3) is 2.85. The summed E-state index contributed by atoms with van der Waals surface area (Å²) in [4.78, 5) is 4.23. The van der Waals surface area contributed by atoms with Gasteiger partial charge in [0.15, 0.2) is 0 Å². The van der Waals surface area contributed by atoms with Crippen molar-refractivity contribution in [2.45, 2.75) is 39.3 Å². The van der Waals surface area contributed by atoms with Gasteiger partial charge in [-0.3, -0.25) is 0 Å². The van der Waals surface area contributed by atoms with Crippen LogP contribution < -0.4 is 10.1 Å². The number of hydrogen-bond donors (Lipinski definition) is 1. The van der Waals surface area contributed by atoms with Gasteiger partial charge in [0.1, 0.15) is 17.6 Å². The smallest absolute Gasteiger partial charge is 0.208 e. The number of aromatic nitrogens is 1. The van der Waals surface area contributed by atoms with Crippen LogP contribution >= 0.6 is 0 Å². The second-order valence-corrected chi connectivity index (χ2v) is 5.26. The molecule has 0 amide bonds. The summed E-state index contributed by atoms with van der Waals surface area (Å²) < 4.78 is 11.5. The van der Waals surface area contributed by atoms with Crippen molar-refractivity contribution in [3.05, 3.63) is 47.2 Å². The molecule has 1 unspecified atom stereocenters. The lowest BCUT2D eigenvalue weighted by molar-refractivity contribution is 0.225. The molecule has 1 aromatic heterocycles. The fraction of sp³-hybridized carbons (Fsp3) is 0.438. The molecule has 1 atom stereocenters. The van der Waals surface area contributed by atoms with Gasteiger partial charge in [-0.2, -0.15) is 0 Å². The van der Waals surface area contributed by atoms with Crippen molar-refractivity contribution in [3.63, 3.8) is 0 Å². The molecule has 106 valence electrons. The van der Waals surface area contributed by atoms with Crippen molar-refractivity contribution in [1.29, 1.82) is 0 Å². The van der Waals surface area contributed by atoms with E-state index in [0.717, 1.165) is 36.8 Å². The van der Waals surface area contributed by atoms with Crippen LogP contribution in [0.3, 0.4) is 0 Å². The highest BCUT2D eigenvalue weighted by Crippen LogP contribution is 2.29. The van der Waals surface area contributed by atoms with Crippen molar-refractivity contribution in [2.75, 3.05) is 6.54 Å². The average Bonchev–Trinajstić information content (AvgIpc) is 3.04. The molecule has 4 heteroatoms. The number of nitrogens with one attached hydrogen (secondary N) is 1. The van der Waals surface area contributed by atoms with Gasteiger partial charge in [0.2, 0.25) is 5.89 Å². The van der Waals surface area contributed by atoms with E-state index in [-0.39, 0.29) is 6.10 Å². The SMILES string of the molecule is CCc1cnc(CNCC2Cc3cc(C)ccc3O2)o1. The Hall–Kier alpha value is -1.81. The lowest BCUT2D eigenvalue weighted by Crippen LogP contribution is -2.29. The van der Waals surface area contributed by atoms with Gasteiger partial charge in [0.05, 0.1) is 12.7 Å². The predicted octanol–water partition coefficient (Wildman–Crippen LogP) is 2.64. The van der Waals surface area contributed by atoms with Crippen LogP contribution in [0.25, 0.3) is 0 Å².